The summed E-state index contributed by atoms with van der Waals surface area (Å²) in [4.78, 5) is 4.02. The number of rotatable bonds is 3. The van der Waals surface area contributed by atoms with E-state index in [1.807, 2.05) is 6.07 Å². The molecule has 4 nitrogen and oxygen atoms in total. The molecule has 0 aliphatic rings. The van der Waals surface area contributed by atoms with Gasteiger partial charge in [-0.2, -0.15) is 5.26 Å². The molecule has 0 saturated heterocycles. The number of pyridine rings is 1. The lowest BCUT2D eigenvalue weighted by molar-refractivity contribution is 0.281. The Kier molecular flexibility index (Phi) is 3.38. The van der Waals surface area contributed by atoms with E-state index in [0.29, 0.717) is 5.69 Å². The molecule has 0 fully saturated rings. The maximum Gasteiger partial charge on any atom is 0.0683 e. The molecule has 0 radical (unpaired) electrons. The largest absolute Gasteiger partial charge is 0.392 e. The first-order chi connectivity index (χ1) is 6.27. The van der Waals surface area contributed by atoms with E-state index in [4.69, 9.17) is 16.1 Å². The molecule has 68 valence electrons. The Morgan fingerprint density at radius 1 is 1.69 bits per heavy atom. The Bertz CT molecular complexity index is 319. The average Bonchev–Trinajstić information content (AvgIpc) is 2.18. The molecule has 0 aromatic carbocycles. The molecular formula is C9H11N3O. The minimum atomic E-state index is -0.364. The molecule has 1 atom stereocenters. The van der Waals surface area contributed by atoms with Crippen LogP contribution < -0.4 is 5.73 Å². The summed E-state index contributed by atoms with van der Waals surface area (Å²) in [6.45, 7) is -0.0329. The molecule has 1 aromatic rings. The zero-order valence-corrected chi connectivity index (χ0v) is 7.14. The predicted molar refractivity (Wildman–Crippen MR) is 47.3 cm³/mol. The van der Waals surface area contributed by atoms with Crippen LogP contribution in [0.25, 0.3) is 0 Å². The molecular weight excluding hydrogens is 166 g/mol. The van der Waals surface area contributed by atoms with Gasteiger partial charge in [0.1, 0.15) is 0 Å². The van der Waals surface area contributed by atoms with Gasteiger partial charge in [0.15, 0.2) is 0 Å². The van der Waals surface area contributed by atoms with Gasteiger partial charge in [-0.1, -0.05) is 0 Å². The molecule has 0 aliphatic carbocycles. The van der Waals surface area contributed by atoms with Gasteiger partial charge in [0.25, 0.3) is 0 Å². The Labute approximate surface area is 76.6 Å². The van der Waals surface area contributed by atoms with Crippen molar-refractivity contribution in [3.63, 3.8) is 0 Å². The Balaban J connectivity index is 2.83. The maximum absolute atomic E-state index is 8.84. The highest BCUT2D eigenvalue weighted by Gasteiger charge is 2.06. The van der Waals surface area contributed by atoms with E-state index in [1.54, 1.807) is 18.3 Å². The van der Waals surface area contributed by atoms with Crippen LogP contribution >= 0.6 is 0 Å². The molecule has 0 amide bonds. The maximum atomic E-state index is 8.84. The summed E-state index contributed by atoms with van der Waals surface area (Å²) in [5.41, 5.74) is 7.07. The van der Waals surface area contributed by atoms with Crippen molar-refractivity contribution in [3.8, 4) is 6.07 Å². The van der Waals surface area contributed by atoms with Crippen molar-refractivity contribution in [2.75, 3.05) is 0 Å². The second-order valence-electron chi connectivity index (χ2n) is 2.72. The lowest BCUT2D eigenvalue weighted by Crippen LogP contribution is -2.11. The standard InChI is InChI=1S/C9H11N3O/c10-3-1-8(11)9-5-7(6-13)2-4-12-9/h2,4-5,8,13H,1,6,11H2/t8-/m1/s1. The van der Waals surface area contributed by atoms with E-state index in [-0.39, 0.29) is 19.1 Å². The van der Waals surface area contributed by atoms with Crippen molar-refractivity contribution in [1.82, 2.24) is 4.98 Å². The van der Waals surface area contributed by atoms with Gasteiger partial charge in [0.05, 0.1) is 30.8 Å². The fourth-order valence-corrected chi connectivity index (χ4v) is 0.998. The second kappa shape index (κ2) is 4.55. The third-order valence-electron chi connectivity index (χ3n) is 1.72. The van der Waals surface area contributed by atoms with Gasteiger partial charge < -0.3 is 10.8 Å². The van der Waals surface area contributed by atoms with Gasteiger partial charge in [0.2, 0.25) is 0 Å². The zero-order valence-electron chi connectivity index (χ0n) is 7.14. The summed E-state index contributed by atoms with van der Waals surface area (Å²) in [6, 6.07) is 5.03. The normalized spacial score (nSPS) is 12.1. The van der Waals surface area contributed by atoms with Crippen LogP contribution in [0.5, 0.6) is 0 Å². The highest BCUT2D eigenvalue weighted by molar-refractivity contribution is 5.18. The SMILES string of the molecule is N#CC[C@@H](N)c1cc(CO)ccn1. The predicted octanol–water partition coefficient (Wildman–Crippen LogP) is 0.487. The molecule has 0 unspecified atom stereocenters. The number of nitriles is 1. The smallest absolute Gasteiger partial charge is 0.0683 e. The number of nitrogens with two attached hydrogens (primary N) is 1. The number of hydrogen-bond donors (Lipinski definition) is 2. The average molecular weight is 177 g/mol. The summed E-state index contributed by atoms with van der Waals surface area (Å²) < 4.78 is 0. The monoisotopic (exact) mass is 177 g/mol. The third-order valence-corrected chi connectivity index (χ3v) is 1.72. The van der Waals surface area contributed by atoms with Gasteiger partial charge >= 0.3 is 0 Å². The van der Waals surface area contributed by atoms with E-state index in [0.717, 1.165) is 5.56 Å². The molecule has 1 rings (SSSR count). The van der Waals surface area contributed by atoms with Crippen molar-refractivity contribution in [1.29, 1.82) is 5.26 Å². The highest BCUT2D eigenvalue weighted by atomic mass is 16.3. The second-order valence-corrected chi connectivity index (χ2v) is 2.72. The quantitative estimate of drug-likeness (QED) is 0.703. The van der Waals surface area contributed by atoms with Crippen LogP contribution in [0.3, 0.4) is 0 Å². The fraction of sp³-hybridized carbons (Fsp3) is 0.333. The van der Waals surface area contributed by atoms with Crippen LogP contribution in [0.15, 0.2) is 18.3 Å². The lowest BCUT2D eigenvalue weighted by atomic mass is 10.1. The van der Waals surface area contributed by atoms with Crippen LogP contribution in [0.4, 0.5) is 0 Å². The molecule has 4 heteroatoms. The molecule has 1 aromatic heterocycles. The van der Waals surface area contributed by atoms with Crippen LogP contribution in [-0.4, -0.2) is 10.1 Å². The van der Waals surface area contributed by atoms with Gasteiger partial charge in [-0.25, -0.2) is 0 Å². The summed E-state index contributed by atoms with van der Waals surface area (Å²) >= 11 is 0. The van der Waals surface area contributed by atoms with Gasteiger partial charge in [-0.15, -0.1) is 0 Å². The van der Waals surface area contributed by atoms with E-state index >= 15 is 0 Å². The first-order valence-corrected chi connectivity index (χ1v) is 3.96. The molecule has 13 heavy (non-hydrogen) atoms. The summed E-state index contributed by atoms with van der Waals surface area (Å²) in [5, 5.41) is 17.3. The van der Waals surface area contributed by atoms with Crippen LogP contribution in [-0.2, 0) is 6.61 Å². The topological polar surface area (TPSA) is 82.9 Å². The van der Waals surface area contributed by atoms with E-state index in [9.17, 15) is 0 Å². The van der Waals surface area contributed by atoms with Crippen LogP contribution in [0, 0.1) is 11.3 Å². The van der Waals surface area contributed by atoms with Crippen molar-refractivity contribution < 1.29 is 5.11 Å². The highest BCUT2D eigenvalue weighted by Crippen LogP contribution is 2.11. The Morgan fingerprint density at radius 3 is 3.08 bits per heavy atom. The zero-order chi connectivity index (χ0) is 9.68. The Hall–Kier alpha value is -1.44. The van der Waals surface area contributed by atoms with Gasteiger partial charge in [-0.3, -0.25) is 4.98 Å². The number of aliphatic hydroxyl groups excluding tert-OH is 1. The van der Waals surface area contributed by atoms with Crippen molar-refractivity contribution in [2.45, 2.75) is 19.1 Å². The molecule has 1 heterocycles. The van der Waals surface area contributed by atoms with Crippen molar-refractivity contribution in [2.24, 2.45) is 5.73 Å². The van der Waals surface area contributed by atoms with E-state index in [2.05, 4.69) is 4.98 Å². The number of nitrogens with zero attached hydrogens (tertiary/aromatic N) is 2. The molecule has 0 bridgehead atoms. The third kappa shape index (κ3) is 2.51. The summed E-state index contributed by atoms with van der Waals surface area (Å²) in [6.07, 6.45) is 1.82. The number of aliphatic hydroxyl groups is 1. The minimum absolute atomic E-state index is 0.0329. The van der Waals surface area contributed by atoms with Crippen LogP contribution in [0.2, 0.25) is 0 Å². The van der Waals surface area contributed by atoms with E-state index in [1.165, 1.54) is 0 Å². The number of hydrogen-bond acceptors (Lipinski definition) is 4. The molecule has 0 saturated carbocycles. The van der Waals surface area contributed by atoms with Gasteiger partial charge in [0, 0.05) is 6.20 Å². The van der Waals surface area contributed by atoms with Crippen LogP contribution in [0.1, 0.15) is 23.7 Å². The fourth-order valence-electron chi connectivity index (χ4n) is 0.998. The molecule has 3 N–H and O–H groups in total. The minimum Gasteiger partial charge on any atom is -0.392 e. The van der Waals surface area contributed by atoms with Crippen molar-refractivity contribution in [3.05, 3.63) is 29.6 Å². The lowest BCUT2D eigenvalue weighted by Gasteiger charge is -2.07. The first kappa shape index (κ1) is 9.65. The first-order valence-electron chi connectivity index (χ1n) is 3.96. The number of aromatic nitrogens is 1. The van der Waals surface area contributed by atoms with E-state index < -0.39 is 0 Å². The summed E-state index contributed by atoms with van der Waals surface area (Å²) in [7, 11) is 0. The molecule has 0 spiro atoms. The Morgan fingerprint density at radius 2 is 2.46 bits per heavy atom. The molecule has 0 aliphatic heterocycles. The summed E-state index contributed by atoms with van der Waals surface area (Å²) in [5.74, 6) is 0. The van der Waals surface area contributed by atoms with Crippen molar-refractivity contribution >= 4 is 0 Å². The van der Waals surface area contributed by atoms with Gasteiger partial charge in [-0.05, 0) is 17.7 Å².